The summed E-state index contributed by atoms with van der Waals surface area (Å²) in [6.07, 6.45) is 1.52. The predicted molar refractivity (Wildman–Crippen MR) is 101 cm³/mol. The third-order valence-electron chi connectivity index (χ3n) is 3.37. The van der Waals surface area contributed by atoms with Gasteiger partial charge in [0.2, 0.25) is 5.95 Å². The lowest BCUT2D eigenvalue weighted by Crippen LogP contribution is -2.03. The van der Waals surface area contributed by atoms with Crippen molar-refractivity contribution in [1.82, 2.24) is 15.2 Å². The van der Waals surface area contributed by atoms with Crippen LogP contribution in [0.2, 0.25) is 10.0 Å². The van der Waals surface area contributed by atoms with E-state index in [1.807, 2.05) is 25.1 Å². The lowest BCUT2D eigenvalue weighted by molar-refractivity contribution is 0.416. The first-order valence-corrected chi connectivity index (χ1v) is 8.15. The van der Waals surface area contributed by atoms with Crippen LogP contribution in [0.4, 0.5) is 23.1 Å². The SMILES string of the molecule is COc1ccc(C)cc1Nc1cnnc(Nc2cccc(Cl)c2Cl)n1. The van der Waals surface area contributed by atoms with Gasteiger partial charge >= 0.3 is 0 Å². The first-order chi connectivity index (χ1) is 12.1. The molecule has 6 nitrogen and oxygen atoms in total. The number of hydrogen-bond acceptors (Lipinski definition) is 6. The highest BCUT2D eigenvalue weighted by atomic mass is 35.5. The fourth-order valence-electron chi connectivity index (χ4n) is 2.20. The lowest BCUT2D eigenvalue weighted by Gasteiger charge is -2.12. The highest BCUT2D eigenvalue weighted by Gasteiger charge is 2.09. The van der Waals surface area contributed by atoms with Crippen molar-refractivity contribution < 1.29 is 4.74 Å². The van der Waals surface area contributed by atoms with Gasteiger partial charge in [-0.3, -0.25) is 0 Å². The van der Waals surface area contributed by atoms with Gasteiger partial charge in [0.25, 0.3) is 0 Å². The first-order valence-electron chi connectivity index (χ1n) is 7.39. The molecular formula is C17H15Cl2N5O. The van der Waals surface area contributed by atoms with Gasteiger partial charge in [0.05, 0.1) is 34.7 Å². The predicted octanol–water partition coefficient (Wildman–Crippen LogP) is 4.98. The van der Waals surface area contributed by atoms with Gasteiger partial charge in [-0.1, -0.05) is 35.3 Å². The van der Waals surface area contributed by atoms with E-state index in [0.29, 0.717) is 33.2 Å². The third kappa shape index (κ3) is 4.10. The van der Waals surface area contributed by atoms with Crippen LogP contribution in [0.25, 0.3) is 0 Å². The smallest absolute Gasteiger partial charge is 0.249 e. The van der Waals surface area contributed by atoms with Gasteiger partial charge in [-0.2, -0.15) is 10.1 Å². The molecule has 0 bridgehead atoms. The van der Waals surface area contributed by atoms with E-state index < -0.39 is 0 Å². The molecule has 1 heterocycles. The second-order valence-corrected chi connectivity index (χ2v) is 6.01. The molecule has 0 saturated carbocycles. The van der Waals surface area contributed by atoms with Crippen molar-refractivity contribution in [2.75, 3.05) is 17.7 Å². The molecule has 0 radical (unpaired) electrons. The molecule has 0 aliphatic heterocycles. The van der Waals surface area contributed by atoms with Crippen LogP contribution in [0.5, 0.6) is 5.75 Å². The van der Waals surface area contributed by atoms with Crippen LogP contribution in [0.1, 0.15) is 5.56 Å². The second kappa shape index (κ2) is 7.55. The van der Waals surface area contributed by atoms with Crippen LogP contribution in [-0.4, -0.2) is 22.3 Å². The van der Waals surface area contributed by atoms with E-state index in [0.717, 1.165) is 11.3 Å². The molecule has 2 N–H and O–H groups in total. The van der Waals surface area contributed by atoms with Gasteiger partial charge in [0.1, 0.15) is 5.75 Å². The number of methoxy groups -OCH3 is 1. The van der Waals surface area contributed by atoms with E-state index in [9.17, 15) is 0 Å². The summed E-state index contributed by atoms with van der Waals surface area (Å²) in [7, 11) is 1.61. The van der Waals surface area contributed by atoms with Crippen molar-refractivity contribution in [2.24, 2.45) is 0 Å². The van der Waals surface area contributed by atoms with Crippen molar-refractivity contribution in [3.05, 3.63) is 58.2 Å². The van der Waals surface area contributed by atoms with E-state index in [1.165, 1.54) is 6.20 Å². The maximum Gasteiger partial charge on any atom is 0.249 e. The summed E-state index contributed by atoms with van der Waals surface area (Å²) < 4.78 is 5.35. The zero-order chi connectivity index (χ0) is 17.8. The summed E-state index contributed by atoms with van der Waals surface area (Å²) in [6, 6.07) is 11.1. The van der Waals surface area contributed by atoms with E-state index in [2.05, 4.69) is 25.8 Å². The number of aromatic nitrogens is 3. The van der Waals surface area contributed by atoms with Gasteiger partial charge in [0, 0.05) is 0 Å². The summed E-state index contributed by atoms with van der Waals surface area (Å²) in [5.41, 5.74) is 2.48. The Morgan fingerprint density at radius 3 is 2.68 bits per heavy atom. The summed E-state index contributed by atoms with van der Waals surface area (Å²) >= 11 is 12.2. The number of hydrogen-bond donors (Lipinski definition) is 2. The first kappa shape index (κ1) is 17.3. The van der Waals surface area contributed by atoms with E-state index in [1.54, 1.807) is 25.3 Å². The molecule has 0 unspecified atom stereocenters. The van der Waals surface area contributed by atoms with Gasteiger partial charge < -0.3 is 15.4 Å². The Bertz CT molecular complexity index is 904. The molecule has 0 aliphatic carbocycles. The number of rotatable bonds is 5. The molecule has 0 amide bonds. The van der Waals surface area contributed by atoms with E-state index >= 15 is 0 Å². The lowest BCUT2D eigenvalue weighted by atomic mass is 10.2. The number of nitrogens with zero attached hydrogens (tertiary/aromatic N) is 3. The van der Waals surface area contributed by atoms with Crippen LogP contribution >= 0.6 is 23.2 Å². The monoisotopic (exact) mass is 375 g/mol. The summed E-state index contributed by atoms with van der Waals surface area (Å²) in [6.45, 7) is 2.00. The molecule has 3 rings (SSSR count). The maximum absolute atomic E-state index is 6.17. The van der Waals surface area contributed by atoms with E-state index in [4.69, 9.17) is 27.9 Å². The Kier molecular flexibility index (Phi) is 5.21. The Balaban J connectivity index is 1.85. The van der Waals surface area contributed by atoms with E-state index in [-0.39, 0.29) is 0 Å². The zero-order valence-electron chi connectivity index (χ0n) is 13.5. The van der Waals surface area contributed by atoms with Crippen LogP contribution in [0.3, 0.4) is 0 Å². The molecule has 0 saturated heterocycles. The average Bonchev–Trinajstić information content (AvgIpc) is 2.60. The zero-order valence-corrected chi connectivity index (χ0v) is 15.1. The van der Waals surface area contributed by atoms with Crippen molar-refractivity contribution in [1.29, 1.82) is 0 Å². The van der Waals surface area contributed by atoms with Crippen LogP contribution < -0.4 is 15.4 Å². The minimum absolute atomic E-state index is 0.292. The van der Waals surface area contributed by atoms with Crippen LogP contribution in [-0.2, 0) is 0 Å². The Hall–Kier alpha value is -2.57. The Labute approximate surface area is 155 Å². The Morgan fingerprint density at radius 2 is 1.88 bits per heavy atom. The van der Waals surface area contributed by atoms with Gasteiger partial charge in [-0.25, -0.2) is 0 Å². The minimum Gasteiger partial charge on any atom is -0.495 e. The molecule has 8 heteroatoms. The normalized spacial score (nSPS) is 10.4. The molecule has 1 aromatic heterocycles. The van der Waals surface area contributed by atoms with Gasteiger partial charge in [0.15, 0.2) is 5.82 Å². The molecule has 128 valence electrons. The maximum atomic E-state index is 6.17. The summed E-state index contributed by atoms with van der Waals surface area (Å²) in [5, 5.41) is 14.9. The molecule has 3 aromatic rings. The number of benzene rings is 2. The highest BCUT2D eigenvalue weighted by Crippen LogP contribution is 2.31. The van der Waals surface area contributed by atoms with Crippen molar-refractivity contribution in [2.45, 2.75) is 6.92 Å². The fourth-order valence-corrected chi connectivity index (χ4v) is 2.54. The third-order valence-corrected chi connectivity index (χ3v) is 4.19. The topological polar surface area (TPSA) is 72.0 Å². The highest BCUT2D eigenvalue weighted by molar-refractivity contribution is 6.43. The fraction of sp³-hybridized carbons (Fsp3) is 0.118. The van der Waals surface area contributed by atoms with Crippen molar-refractivity contribution >= 4 is 46.3 Å². The summed E-state index contributed by atoms with van der Waals surface area (Å²) in [4.78, 5) is 4.39. The quantitative estimate of drug-likeness (QED) is 0.654. The summed E-state index contributed by atoms with van der Waals surface area (Å²) in [5.74, 6) is 1.51. The molecule has 0 aliphatic rings. The number of nitrogens with one attached hydrogen (secondary N) is 2. The number of anilines is 4. The van der Waals surface area contributed by atoms with Crippen LogP contribution in [0.15, 0.2) is 42.6 Å². The number of ether oxygens (including phenoxy) is 1. The largest absolute Gasteiger partial charge is 0.495 e. The standard InChI is InChI=1S/C17H15Cl2N5O/c1-10-6-7-14(25-2)13(8-10)21-15-9-20-24-17(23-15)22-12-5-3-4-11(18)16(12)19/h3-9H,1-2H3,(H2,21,22,23,24). The Morgan fingerprint density at radius 1 is 1.04 bits per heavy atom. The minimum atomic E-state index is 0.292. The van der Waals surface area contributed by atoms with Gasteiger partial charge in [-0.15, -0.1) is 5.10 Å². The van der Waals surface area contributed by atoms with Gasteiger partial charge in [-0.05, 0) is 36.8 Å². The average molecular weight is 376 g/mol. The second-order valence-electron chi connectivity index (χ2n) is 5.22. The van der Waals surface area contributed by atoms with Crippen molar-refractivity contribution in [3.8, 4) is 5.75 Å². The molecule has 0 fully saturated rings. The molecule has 0 spiro atoms. The molecule has 25 heavy (non-hydrogen) atoms. The molecule has 0 atom stereocenters. The van der Waals surface area contributed by atoms with Crippen molar-refractivity contribution in [3.63, 3.8) is 0 Å². The molecule has 2 aromatic carbocycles. The van der Waals surface area contributed by atoms with Crippen LogP contribution in [0, 0.1) is 6.92 Å². The number of aryl methyl sites for hydroxylation is 1. The molecular weight excluding hydrogens is 361 g/mol. The number of halogens is 2.